The Balaban J connectivity index is 2.13. The number of benzene rings is 1. The van der Waals surface area contributed by atoms with Crippen LogP contribution in [-0.2, 0) is 0 Å². The summed E-state index contributed by atoms with van der Waals surface area (Å²) in [5.41, 5.74) is 4.29. The molecule has 0 saturated carbocycles. The van der Waals surface area contributed by atoms with Gasteiger partial charge in [0.25, 0.3) is 0 Å². The van der Waals surface area contributed by atoms with Gasteiger partial charge in [-0.25, -0.2) is 0 Å². The summed E-state index contributed by atoms with van der Waals surface area (Å²) < 4.78 is 0. The molecule has 100 valence electrons. The van der Waals surface area contributed by atoms with Gasteiger partial charge in [0.05, 0.1) is 0 Å². The molecular weight excluding hydrogens is 220 g/mol. The van der Waals surface area contributed by atoms with Gasteiger partial charge in [0.2, 0.25) is 0 Å². The third-order valence-electron chi connectivity index (χ3n) is 4.13. The van der Waals surface area contributed by atoms with Crippen molar-refractivity contribution < 1.29 is 0 Å². The molecule has 1 fully saturated rings. The minimum absolute atomic E-state index is 0.618. The van der Waals surface area contributed by atoms with Crippen molar-refractivity contribution >= 4 is 5.69 Å². The molecule has 0 N–H and O–H groups in total. The molecule has 0 aliphatic carbocycles. The number of hydrogen-bond acceptors (Lipinski definition) is 2. The summed E-state index contributed by atoms with van der Waals surface area (Å²) in [5.74, 6) is 0.618. The Hall–Kier alpha value is -1.02. The van der Waals surface area contributed by atoms with E-state index in [1.54, 1.807) is 0 Å². The van der Waals surface area contributed by atoms with Gasteiger partial charge in [0, 0.05) is 24.8 Å². The summed E-state index contributed by atoms with van der Waals surface area (Å²) in [5, 5.41) is 0. The molecule has 1 aliphatic heterocycles. The van der Waals surface area contributed by atoms with E-state index in [0.717, 1.165) is 6.54 Å². The van der Waals surface area contributed by atoms with Gasteiger partial charge in [-0.05, 0) is 56.6 Å². The monoisotopic (exact) mass is 246 g/mol. The molecule has 0 radical (unpaired) electrons. The summed E-state index contributed by atoms with van der Waals surface area (Å²) in [7, 11) is 4.36. The maximum absolute atomic E-state index is 2.52. The Morgan fingerprint density at radius 2 is 2.00 bits per heavy atom. The first-order chi connectivity index (χ1) is 8.49. The fraction of sp³-hybridized carbons (Fsp3) is 0.625. The standard InChI is InChI=1S/C16H26N2/c1-12(2)16-7-6-14(10-13(16)3)18-9-8-15(11-18)17(4)5/h6-7,10,12,15H,8-9,11H2,1-5H3/t15-/m1/s1. The number of nitrogens with zero attached hydrogens (tertiary/aromatic N) is 2. The van der Waals surface area contributed by atoms with Crippen LogP contribution in [0.5, 0.6) is 0 Å². The molecule has 1 heterocycles. The summed E-state index contributed by atoms with van der Waals surface area (Å²) in [4.78, 5) is 4.86. The molecule has 2 heteroatoms. The van der Waals surface area contributed by atoms with E-state index in [2.05, 4.69) is 62.9 Å². The average molecular weight is 246 g/mol. The van der Waals surface area contributed by atoms with Crippen LogP contribution in [-0.4, -0.2) is 38.1 Å². The second-order valence-corrected chi connectivity index (χ2v) is 6.05. The quantitative estimate of drug-likeness (QED) is 0.807. The lowest BCUT2D eigenvalue weighted by atomic mass is 9.97. The maximum atomic E-state index is 2.52. The molecule has 1 saturated heterocycles. The van der Waals surface area contributed by atoms with Gasteiger partial charge in [-0.3, -0.25) is 0 Å². The normalized spacial score (nSPS) is 20.2. The summed E-state index contributed by atoms with van der Waals surface area (Å²) >= 11 is 0. The first-order valence-electron chi connectivity index (χ1n) is 7.01. The molecule has 1 atom stereocenters. The average Bonchev–Trinajstić information content (AvgIpc) is 2.77. The zero-order chi connectivity index (χ0) is 13.3. The van der Waals surface area contributed by atoms with E-state index in [-0.39, 0.29) is 0 Å². The van der Waals surface area contributed by atoms with Crippen LogP contribution in [0.3, 0.4) is 0 Å². The predicted octanol–water partition coefficient (Wildman–Crippen LogP) is 3.26. The largest absolute Gasteiger partial charge is 0.370 e. The van der Waals surface area contributed by atoms with Crippen LogP contribution in [0, 0.1) is 6.92 Å². The van der Waals surface area contributed by atoms with Gasteiger partial charge in [0.1, 0.15) is 0 Å². The smallest absolute Gasteiger partial charge is 0.0369 e. The van der Waals surface area contributed by atoms with E-state index < -0.39 is 0 Å². The molecule has 2 rings (SSSR count). The Morgan fingerprint density at radius 3 is 2.50 bits per heavy atom. The molecule has 0 unspecified atom stereocenters. The lowest BCUT2D eigenvalue weighted by Gasteiger charge is -2.23. The van der Waals surface area contributed by atoms with Gasteiger partial charge in [-0.15, -0.1) is 0 Å². The van der Waals surface area contributed by atoms with Crippen molar-refractivity contribution in [2.45, 2.75) is 39.2 Å². The van der Waals surface area contributed by atoms with Crippen LogP contribution in [0.2, 0.25) is 0 Å². The number of anilines is 1. The van der Waals surface area contributed by atoms with E-state index in [9.17, 15) is 0 Å². The van der Waals surface area contributed by atoms with Gasteiger partial charge >= 0.3 is 0 Å². The third kappa shape index (κ3) is 2.69. The Bertz CT molecular complexity index is 410. The third-order valence-corrected chi connectivity index (χ3v) is 4.13. The van der Waals surface area contributed by atoms with Crippen molar-refractivity contribution in [3.8, 4) is 0 Å². The van der Waals surface area contributed by atoms with Crippen LogP contribution < -0.4 is 4.90 Å². The van der Waals surface area contributed by atoms with Crippen molar-refractivity contribution in [2.75, 3.05) is 32.1 Å². The van der Waals surface area contributed by atoms with Gasteiger partial charge in [0.15, 0.2) is 0 Å². The second kappa shape index (κ2) is 5.31. The molecule has 2 nitrogen and oxygen atoms in total. The molecule has 0 amide bonds. The van der Waals surface area contributed by atoms with E-state index in [1.165, 1.54) is 29.8 Å². The van der Waals surface area contributed by atoms with Crippen LogP contribution in [0.1, 0.15) is 37.3 Å². The molecule has 1 aliphatic rings. The number of likely N-dealkylation sites (N-methyl/N-ethyl adjacent to an activating group) is 1. The van der Waals surface area contributed by atoms with Crippen LogP contribution in [0.4, 0.5) is 5.69 Å². The Kier molecular flexibility index (Phi) is 3.96. The van der Waals surface area contributed by atoms with E-state index >= 15 is 0 Å². The van der Waals surface area contributed by atoms with Crippen molar-refractivity contribution in [3.63, 3.8) is 0 Å². The zero-order valence-corrected chi connectivity index (χ0v) is 12.4. The van der Waals surface area contributed by atoms with Crippen molar-refractivity contribution in [3.05, 3.63) is 29.3 Å². The lowest BCUT2D eigenvalue weighted by Crippen LogP contribution is -2.31. The molecule has 0 aromatic heterocycles. The molecule has 0 spiro atoms. The van der Waals surface area contributed by atoms with Crippen molar-refractivity contribution in [2.24, 2.45) is 0 Å². The molecule has 1 aromatic carbocycles. The van der Waals surface area contributed by atoms with Gasteiger partial charge in [-0.1, -0.05) is 19.9 Å². The van der Waals surface area contributed by atoms with Crippen LogP contribution >= 0.6 is 0 Å². The molecule has 1 aromatic rings. The lowest BCUT2D eigenvalue weighted by molar-refractivity contribution is 0.315. The van der Waals surface area contributed by atoms with Crippen molar-refractivity contribution in [1.82, 2.24) is 4.90 Å². The first kappa shape index (κ1) is 13.4. The number of aryl methyl sites for hydroxylation is 1. The highest BCUT2D eigenvalue weighted by molar-refractivity contribution is 5.52. The Morgan fingerprint density at radius 1 is 1.28 bits per heavy atom. The minimum Gasteiger partial charge on any atom is -0.370 e. The summed E-state index contributed by atoms with van der Waals surface area (Å²) in [6.45, 7) is 9.11. The summed E-state index contributed by atoms with van der Waals surface area (Å²) in [6, 6.07) is 7.65. The van der Waals surface area contributed by atoms with Crippen molar-refractivity contribution in [1.29, 1.82) is 0 Å². The van der Waals surface area contributed by atoms with E-state index in [0.29, 0.717) is 12.0 Å². The highest BCUT2D eigenvalue weighted by Gasteiger charge is 2.24. The number of rotatable bonds is 3. The Labute approximate surface area is 112 Å². The second-order valence-electron chi connectivity index (χ2n) is 6.05. The van der Waals surface area contributed by atoms with Crippen LogP contribution in [0.15, 0.2) is 18.2 Å². The maximum Gasteiger partial charge on any atom is 0.0369 e. The highest BCUT2D eigenvalue weighted by Crippen LogP contribution is 2.27. The minimum atomic E-state index is 0.618. The van der Waals surface area contributed by atoms with E-state index in [4.69, 9.17) is 0 Å². The number of hydrogen-bond donors (Lipinski definition) is 0. The SMILES string of the molecule is Cc1cc(N2CC[C@@H](N(C)C)C2)ccc1C(C)C. The topological polar surface area (TPSA) is 6.48 Å². The fourth-order valence-electron chi connectivity index (χ4n) is 2.90. The zero-order valence-electron chi connectivity index (χ0n) is 12.4. The van der Waals surface area contributed by atoms with E-state index in [1.807, 2.05) is 0 Å². The van der Waals surface area contributed by atoms with Gasteiger partial charge < -0.3 is 9.80 Å². The predicted molar refractivity (Wildman–Crippen MR) is 79.6 cm³/mol. The van der Waals surface area contributed by atoms with Gasteiger partial charge in [-0.2, -0.15) is 0 Å². The highest BCUT2D eigenvalue weighted by atomic mass is 15.2. The molecular formula is C16H26N2. The first-order valence-corrected chi connectivity index (χ1v) is 7.01. The summed E-state index contributed by atoms with van der Waals surface area (Å²) in [6.07, 6.45) is 1.28. The molecule has 0 bridgehead atoms. The fourth-order valence-corrected chi connectivity index (χ4v) is 2.90. The van der Waals surface area contributed by atoms with Crippen LogP contribution in [0.25, 0.3) is 0 Å². The molecule has 18 heavy (non-hydrogen) atoms.